The van der Waals surface area contributed by atoms with Crippen molar-refractivity contribution in [1.29, 1.82) is 0 Å². The van der Waals surface area contributed by atoms with E-state index < -0.39 is 0 Å². The Labute approximate surface area is 68.2 Å². The molecule has 0 saturated carbocycles. The number of allylic oxidation sites excluding steroid dienone is 1. The lowest BCUT2D eigenvalue weighted by molar-refractivity contribution is 0.704. The van der Waals surface area contributed by atoms with Crippen LogP contribution in [0.25, 0.3) is 0 Å². The van der Waals surface area contributed by atoms with E-state index in [0.717, 1.165) is 0 Å². The lowest BCUT2D eigenvalue weighted by Gasteiger charge is -2.08. The Balaban J connectivity index is 3.85. The van der Waals surface area contributed by atoms with Crippen molar-refractivity contribution in [2.45, 2.75) is 33.6 Å². The Kier molecular flexibility index (Phi) is 5.84. The molecular formula is C8H17NS. The monoisotopic (exact) mass is 159 g/mol. The molecule has 0 atom stereocenters. The van der Waals surface area contributed by atoms with Gasteiger partial charge in [-0.15, -0.1) is 0 Å². The van der Waals surface area contributed by atoms with Gasteiger partial charge in [0.2, 0.25) is 0 Å². The second-order valence-corrected chi connectivity index (χ2v) is 3.24. The Morgan fingerprint density at radius 3 is 2.50 bits per heavy atom. The van der Waals surface area contributed by atoms with Crippen LogP contribution in [0.1, 0.15) is 33.6 Å². The van der Waals surface area contributed by atoms with Crippen LogP contribution in [0.2, 0.25) is 0 Å². The van der Waals surface area contributed by atoms with Gasteiger partial charge < -0.3 is 0 Å². The van der Waals surface area contributed by atoms with Crippen molar-refractivity contribution in [3.05, 3.63) is 11.0 Å². The molecule has 0 aromatic carbocycles. The summed E-state index contributed by atoms with van der Waals surface area (Å²) in [6, 6.07) is 0. The second kappa shape index (κ2) is 5.81. The Morgan fingerprint density at radius 2 is 2.20 bits per heavy atom. The first-order valence-electron chi connectivity index (χ1n) is 3.76. The average Bonchev–Trinajstić information content (AvgIpc) is 1.87. The molecule has 0 rings (SSSR count). The fourth-order valence-electron chi connectivity index (χ4n) is 0.860. The fourth-order valence-corrected chi connectivity index (χ4v) is 1.42. The molecule has 0 aliphatic heterocycles. The maximum Gasteiger partial charge on any atom is -0.0144 e. The first kappa shape index (κ1) is 10.0. The van der Waals surface area contributed by atoms with Crippen molar-refractivity contribution < 1.29 is 0 Å². The van der Waals surface area contributed by atoms with Gasteiger partial charge >= 0.3 is 0 Å². The van der Waals surface area contributed by atoms with E-state index in [2.05, 4.69) is 26.2 Å². The molecule has 10 heavy (non-hydrogen) atoms. The van der Waals surface area contributed by atoms with Gasteiger partial charge in [-0.2, -0.15) is 0 Å². The Hall–Kier alpha value is 0.0500. The summed E-state index contributed by atoms with van der Waals surface area (Å²) in [6.45, 7) is 6.60. The molecule has 0 spiro atoms. The van der Waals surface area contributed by atoms with E-state index in [0.29, 0.717) is 5.92 Å². The predicted octanol–water partition coefficient (Wildman–Crippen LogP) is 2.93. The third-order valence-corrected chi connectivity index (χ3v) is 1.94. The highest BCUT2D eigenvalue weighted by Crippen LogP contribution is 2.17. The van der Waals surface area contributed by atoms with E-state index in [9.17, 15) is 0 Å². The molecule has 60 valence electrons. The lowest BCUT2D eigenvalue weighted by atomic mass is 10.0. The topological polar surface area (TPSA) is 26.0 Å². The van der Waals surface area contributed by atoms with Crippen LogP contribution in [0.15, 0.2) is 11.0 Å². The highest BCUT2D eigenvalue weighted by Gasteiger charge is 1.99. The third-order valence-electron chi connectivity index (χ3n) is 1.50. The molecule has 0 aromatic heterocycles. The molecule has 1 nitrogen and oxygen atoms in total. The maximum absolute atomic E-state index is 5.34. The van der Waals surface area contributed by atoms with Crippen LogP contribution < -0.4 is 5.14 Å². The summed E-state index contributed by atoms with van der Waals surface area (Å²) >= 11 is 1.32. The molecule has 0 amide bonds. The highest BCUT2D eigenvalue weighted by atomic mass is 32.2. The molecule has 0 heterocycles. The molecule has 0 aromatic rings. The minimum absolute atomic E-state index is 0.649. The molecule has 2 N–H and O–H groups in total. The zero-order valence-electron chi connectivity index (χ0n) is 7.05. The summed E-state index contributed by atoms with van der Waals surface area (Å²) in [4.78, 5) is 0. The molecule has 0 aliphatic carbocycles. The Bertz CT molecular complexity index is 108. The van der Waals surface area contributed by atoms with Gasteiger partial charge in [-0.05, 0) is 17.7 Å². The summed E-state index contributed by atoms with van der Waals surface area (Å²) in [5.41, 5.74) is 1.47. The second-order valence-electron chi connectivity index (χ2n) is 2.73. The largest absolute Gasteiger partial charge is 0.274 e. The van der Waals surface area contributed by atoms with Crippen LogP contribution in [0.3, 0.4) is 0 Å². The van der Waals surface area contributed by atoms with E-state index in [4.69, 9.17) is 5.14 Å². The number of hydrogen-bond donors (Lipinski definition) is 1. The van der Waals surface area contributed by atoms with Gasteiger partial charge in [0.15, 0.2) is 0 Å². The molecule has 0 bridgehead atoms. The van der Waals surface area contributed by atoms with E-state index in [1.165, 1.54) is 30.4 Å². The van der Waals surface area contributed by atoms with Crippen molar-refractivity contribution in [2.24, 2.45) is 11.1 Å². The maximum atomic E-state index is 5.34. The summed E-state index contributed by atoms with van der Waals surface area (Å²) in [5.74, 6) is 0.649. The first-order valence-corrected chi connectivity index (χ1v) is 4.71. The van der Waals surface area contributed by atoms with Gasteiger partial charge in [0.05, 0.1) is 0 Å². The van der Waals surface area contributed by atoms with Gasteiger partial charge in [0, 0.05) is 0 Å². The van der Waals surface area contributed by atoms with Crippen LogP contribution in [-0.4, -0.2) is 0 Å². The summed E-state index contributed by atoms with van der Waals surface area (Å²) in [6.07, 6.45) is 2.40. The van der Waals surface area contributed by atoms with Crippen molar-refractivity contribution in [1.82, 2.24) is 0 Å². The van der Waals surface area contributed by atoms with E-state index in [-0.39, 0.29) is 0 Å². The zero-order valence-corrected chi connectivity index (χ0v) is 7.87. The van der Waals surface area contributed by atoms with Crippen molar-refractivity contribution in [2.75, 3.05) is 0 Å². The van der Waals surface area contributed by atoms with Crippen LogP contribution in [0.5, 0.6) is 0 Å². The molecule has 0 unspecified atom stereocenters. The highest BCUT2D eigenvalue weighted by molar-refractivity contribution is 8.00. The van der Waals surface area contributed by atoms with Crippen LogP contribution in [0.4, 0.5) is 0 Å². The Morgan fingerprint density at radius 1 is 1.60 bits per heavy atom. The van der Waals surface area contributed by atoms with Crippen molar-refractivity contribution in [3.8, 4) is 0 Å². The quantitative estimate of drug-likeness (QED) is 0.638. The van der Waals surface area contributed by atoms with Gasteiger partial charge in [0.25, 0.3) is 0 Å². The van der Waals surface area contributed by atoms with Crippen LogP contribution >= 0.6 is 11.9 Å². The standard InChI is InChI=1S/C8H17NS/c1-4-5-8(6-10-9)7(2)3/h6-7H,4-5,9H2,1-3H3/b8-6+. The van der Waals surface area contributed by atoms with E-state index >= 15 is 0 Å². The molecule has 0 fully saturated rings. The van der Waals surface area contributed by atoms with Crippen molar-refractivity contribution >= 4 is 11.9 Å². The first-order chi connectivity index (χ1) is 4.72. The minimum atomic E-state index is 0.649. The van der Waals surface area contributed by atoms with Gasteiger partial charge in [-0.3, -0.25) is 5.14 Å². The molecular weight excluding hydrogens is 142 g/mol. The van der Waals surface area contributed by atoms with Crippen LogP contribution in [0, 0.1) is 5.92 Å². The zero-order chi connectivity index (χ0) is 7.98. The lowest BCUT2D eigenvalue weighted by Crippen LogP contribution is -1.93. The third kappa shape index (κ3) is 3.96. The summed E-state index contributed by atoms with van der Waals surface area (Å²) < 4.78 is 0. The van der Waals surface area contributed by atoms with Gasteiger partial charge in [-0.1, -0.05) is 44.7 Å². The number of nitrogens with two attached hydrogens (primary N) is 1. The molecule has 2 heteroatoms. The average molecular weight is 159 g/mol. The smallest absolute Gasteiger partial charge is 0.0144 e. The van der Waals surface area contributed by atoms with Gasteiger partial charge in [0.1, 0.15) is 0 Å². The number of hydrogen-bond acceptors (Lipinski definition) is 2. The van der Waals surface area contributed by atoms with Gasteiger partial charge in [-0.25, -0.2) is 0 Å². The normalized spacial score (nSPS) is 12.7. The summed E-state index contributed by atoms with van der Waals surface area (Å²) in [5, 5.41) is 7.40. The minimum Gasteiger partial charge on any atom is -0.274 e. The molecule has 0 aliphatic rings. The number of rotatable bonds is 4. The molecule has 0 saturated heterocycles. The fraction of sp³-hybridized carbons (Fsp3) is 0.750. The van der Waals surface area contributed by atoms with E-state index in [1.807, 2.05) is 0 Å². The summed E-state index contributed by atoms with van der Waals surface area (Å²) in [7, 11) is 0. The van der Waals surface area contributed by atoms with Crippen LogP contribution in [-0.2, 0) is 0 Å². The van der Waals surface area contributed by atoms with E-state index in [1.54, 1.807) is 0 Å². The predicted molar refractivity (Wildman–Crippen MR) is 49.6 cm³/mol. The SMILES string of the molecule is CCC/C(=C\SN)C(C)C. The molecule has 0 radical (unpaired) electrons. The van der Waals surface area contributed by atoms with Crippen molar-refractivity contribution in [3.63, 3.8) is 0 Å².